The summed E-state index contributed by atoms with van der Waals surface area (Å²) in [6.07, 6.45) is 6.23. The van der Waals surface area contributed by atoms with Crippen molar-refractivity contribution in [3.8, 4) is 0 Å². The smallest absolute Gasteiger partial charge is 0.133 e. The summed E-state index contributed by atoms with van der Waals surface area (Å²) in [5.74, 6) is 0. The first-order valence-electron chi connectivity index (χ1n) is 5.20. The molecular formula is C10H21CuNS2. The Kier molecular flexibility index (Phi) is 14.5. The van der Waals surface area contributed by atoms with Crippen molar-refractivity contribution < 1.29 is 17.1 Å². The molecule has 0 amide bonds. The molecule has 0 heterocycles. The normalized spacial score (nSPS) is 9.36. The Morgan fingerprint density at radius 1 is 1.07 bits per heavy atom. The summed E-state index contributed by atoms with van der Waals surface area (Å²) in [4.78, 5) is 2.21. The van der Waals surface area contributed by atoms with Crippen LogP contribution in [0.5, 0.6) is 0 Å². The maximum absolute atomic E-state index is 5.07. The fourth-order valence-electron chi connectivity index (χ4n) is 1.20. The minimum absolute atomic E-state index is 0. The van der Waals surface area contributed by atoms with Crippen molar-refractivity contribution in [1.82, 2.24) is 4.90 Å². The van der Waals surface area contributed by atoms with Crippen LogP contribution in [-0.4, -0.2) is 22.3 Å². The van der Waals surface area contributed by atoms with E-state index in [0.29, 0.717) is 0 Å². The number of unbranched alkanes of at least 4 members (excludes halogenated alkanes) is 3. The molecule has 0 unspecified atom stereocenters. The van der Waals surface area contributed by atoms with E-state index in [9.17, 15) is 0 Å². The fraction of sp³-hybridized carbons (Fsp3) is 0.900. The van der Waals surface area contributed by atoms with Crippen LogP contribution < -0.4 is 0 Å². The largest absolute Gasteiger partial charge is 0.358 e. The predicted molar refractivity (Wildman–Crippen MR) is 67.6 cm³/mol. The van der Waals surface area contributed by atoms with Crippen molar-refractivity contribution in [3.05, 3.63) is 0 Å². The monoisotopic (exact) mass is 282 g/mol. The first kappa shape index (κ1) is 17.2. The molecule has 4 heteroatoms. The average Bonchev–Trinajstić information content (AvgIpc) is 2.10. The van der Waals surface area contributed by atoms with Crippen molar-refractivity contribution in [2.24, 2.45) is 0 Å². The van der Waals surface area contributed by atoms with Crippen molar-refractivity contribution in [1.29, 1.82) is 0 Å². The summed E-state index contributed by atoms with van der Waals surface area (Å²) in [7, 11) is 0. The summed E-state index contributed by atoms with van der Waals surface area (Å²) in [6, 6.07) is 0. The molecule has 0 rings (SSSR count). The van der Waals surface area contributed by atoms with Gasteiger partial charge in [-0.15, -0.1) is 12.6 Å². The van der Waals surface area contributed by atoms with Crippen LogP contribution >= 0.6 is 24.8 Å². The molecule has 0 aromatic heterocycles. The molecule has 0 fully saturated rings. The summed E-state index contributed by atoms with van der Waals surface area (Å²) >= 11 is 9.30. The molecule has 0 spiro atoms. The van der Waals surface area contributed by atoms with Gasteiger partial charge in [-0.1, -0.05) is 45.3 Å². The van der Waals surface area contributed by atoms with Gasteiger partial charge >= 0.3 is 0 Å². The molecule has 0 bridgehead atoms. The Morgan fingerprint density at radius 3 is 2.00 bits per heavy atom. The summed E-state index contributed by atoms with van der Waals surface area (Å²) in [5.41, 5.74) is 0. The van der Waals surface area contributed by atoms with E-state index in [1.807, 2.05) is 0 Å². The molecule has 0 N–H and O–H groups in total. The molecule has 0 saturated heterocycles. The molecule has 1 radical (unpaired) electrons. The number of hydrogen-bond acceptors (Lipinski definition) is 1. The predicted octanol–water partition coefficient (Wildman–Crippen LogP) is 3.49. The van der Waals surface area contributed by atoms with Gasteiger partial charge in [-0.2, -0.15) is 0 Å². The maximum Gasteiger partial charge on any atom is 0.133 e. The van der Waals surface area contributed by atoms with Crippen LogP contribution in [0.1, 0.15) is 46.0 Å². The molecule has 0 aromatic carbocycles. The molecule has 89 valence electrons. The Morgan fingerprint density at radius 2 is 1.57 bits per heavy atom. The van der Waals surface area contributed by atoms with Gasteiger partial charge in [-0.3, -0.25) is 0 Å². The quantitative estimate of drug-likeness (QED) is 0.330. The van der Waals surface area contributed by atoms with E-state index in [4.69, 9.17) is 12.2 Å². The van der Waals surface area contributed by atoms with Crippen LogP contribution in [-0.2, 0) is 17.1 Å². The molecular weight excluding hydrogens is 262 g/mol. The van der Waals surface area contributed by atoms with Crippen LogP contribution in [0.25, 0.3) is 0 Å². The van der Waals surface area contributed by atoms with Crippen molar-refractivity contribution in [3.63, 3.8) is 0 Å². The second-order valence-electron chi connectivity index (χ2n) is 3.33. The fourth-order valence-corrected chi connectivity index (χ4v) is 1.59. The molecule has 0 aliphatic rings. The standard InChI is InChI=1S/C10H21NS2.Cu/c1-3-5-7-9-11(10(12)13)8-6-4-2;/h3-9H2,1-2H3,(H,12,13);. The second kappa shape index (κ2) is 11.8. The van der Waals surface area contributed by atoms with E-state index in [-0.39, 0.29) is 17.1 Å². The van der Waals surface area contributed by atoms with Gasteiger partial charge in [-0.25, -0.2) is 0 Å². The molecule has 0 atom stereocenters. The van der Waals surface area contributed by atoms with Crippen LogP contribution in [0.3, 0.4) is 0 Å². The Bertz CT molecular complexity index is 142. The maximum atomic E-state index is 5.07. The van der Waals surface area contributed by atoms with Gasteiger partial charge in [0.15, 0.2) is 0 Å². The summed E-state index contributed by atoms with van der Waals surface area (Å²) in [5, 5.41) is 0. The van der Waals surface area contributed by atoms with Crippen molar-refractivity contribution in [2.45, 2.75) is 46.0 Å². The van der Waals surface area contributed by atoms with Crippen LogP contribution in [0.2, 0.25) is 0 Å². The number of rotatable bonds is 7. The van der Waals surface area contributed by atoms with Gasteiger partial charge in [0.2, 0.25) is 0 Å². The zero-order valence-electron chi connectivity index (χ0n) is 9.05. The third kappa shape index (κ3) is 9.32. The summed E-state index contributed by atoms with van der Waals surface area (Å²) in [6.45, 7) is 6.57. The Hall–Kier alpha value is 0.759. The first-order chi connectivity index (χ1) is 6.22. The van der Waals surface area contributed by atoms with Gasteiger partial charge < -0.3 is 4.90 Å². The van der Waals surface area contributed by atoms with E-state index in [0.717, 1.165) is 17.4 Å². The van der Waals surface area contributed by atoms with Crippen molar-refractivity contribution >= 4 is 29.2 Å². The van der Waals surface area contributed by atoms with Gasteiger partial charge in [-0.05, 0) is 12.8 Å². The minimum atomic E-state index is 0. The van der Waals surface area contributed by atoms with E-state index in [1.54, 1.807) is 0 Å². The molecule has 0 aliphatic heterocycles. The third-order valence-electron chi connectivity index (χ3n) is 2.08. The summed E-state index contributed by atoms with van der Waals surface area (Å²) < 4.78 is 0.754. The van der Waals surface area contributed by atoms with Gasteiger partial charge in [0, 0.05) is 30.2 Å². The van der Waals surface area contributed by atoms with E-state index in [1.165, 1.54) is 32.1 Å². The molecule has 0 aliphatic carbocycles. The van der Waals surface area contributed by atoms with Crippen molar-refractivity contribution in [2.75, 3.05) is 13.1 Å². The van der Waals surface area contributed by atoms with Crippen LogP contribution in [0, 0.1) is 0 Å². The van der Waals surface area contributed by atoms with Gasteiger partial charge in [0.25, 0.3) is 0 Å². The number of nitrogens with zero attached hydrogens (tertiary/aromatic N) is 1. The second-order valence-corrected chi connectivity index (χ2v) is 4.44. The number of hydrogen-bond donors (Lipinski definition) is 1. The molecule has 0 aromatic rings. The molecule has 14 heavy (non-hydrogen) atoms. The Labute approximate surface area is 110 Å². The van der Waals surface area contributed by atoms with E-state index >= 15 is 0 Å². The topological polar surface area (TPSA) is 3.24 Å². The van der Waals surface area contributed by atoms with E-state index < -0.39 is 0 Å². The molecule has 1 nitrogen and oxygen atoms in total. The van der Waals surface area contributed by atoms with Crippen LogP contribution in [0.4, 0.5) is 0 Å². The van der Waals surface area contributed by atoms with Gasteiger partial charge in [0.05, 0.1) is 0 Å². The zero-order valence-corrected chi connectivity index (χ0v) is 11.7. The Balaban J connectivity index is 0. The first-order valence-corrected chi connectivity index (χ1v) is 6.05. The van der Waals surface area contributed by atoms with E-state index in [2.05, 4.69) is 31.4 Å². The zero-order chi connectivity index (χ0) is 10.1. The van der Waals surface area contributed by atoms with Crippen LogP contribution in [0.15, 0.2) is 0 Å². The third-order valence-corrected chi connectivity index (χ3v) is 2.62. The number of thiocarbonyl (C=S) groups is 1. The SMILES string of the molecule is CCCCCN(CCCC)C(=S)S.[Cu]. The average molecular weight is 283 g/mol. The number of thiol groups is 1. The molecule has 0 saturated carbocycles. The van der Waals surface area contributed by atoms with Gasteiger partial charge in [0.1, 0.15) is 4.32 Å². The minimum Gasteiger partial charge on any atom is -0.358 e.